The molecule has 0 fully saturated rings. The van der Waals surface area contributed by atoms with Crippen LogP contribution in [0.2, 0.25) is 0 Å². The number of benzene rings is 2. The molecule has 0 amide bonds. The van der Waals surface area contributed by atoms with E-state index in [9.17, 15) is 10.2 Å². The molecule has 0 aliphatic heterocycles. The van der Waals surface area contributed by atoms with Gasteiger partial charge in [-0.1, -0.05) is 94.2 Å². The minimum atomic E-state index is 0. The van der Waals surface area contributed by atoms with Crippen LogP contribution in [0.5, 0.6) is 11.5 Å². The molecule has 2 aromatic carbocycles. The zero-order valence-corrected chi connectivity index (χ0v) is 28.4. The third-order valence-corrected chi connectivity index (χ3v) is 8.40. The number of aromatic hydroxyl groups is 2. The van der Waals surface area contributed by atoms with Crippen molar-refractivity contribution >= 4 is 10.8 Å². The molecule has 2 aromatic rings. The SMILES string of the molecule is CC(C)=CCC/C(C)=C/CC/C(C)=C/CC/C(C)=C/CC/C(C)=C/CC/C(C)=C/Cc1c(C)c(O)c2ccccc2c1O.[HH].[HH]. The van der Waals surface area contributed by atoms with Crippen molar-refractivity contribution in [2.24, 2.45) is 0 Å². The van der Waals surface area contributed by atoms with Crippen molar-refractivity contribution in [1.82, 2.24) is 0 Å². The quantitative estimate of drug-likeness (QED) is 0.143. The van der Waals surface area contributed by atoms with E-state index >= 15 is 0 Å². The Hall–Kier alpha value is -3.26. The maximum atomic E-state index is 10.8. The Labute approximate surface area is 266 Å². The Morgan fingerprint density at radius 1 is 0.535 bits per heavy atom. The van der Waals surface area contributed by atoms with Gasteiger partial charge in [0.25, 0.3) is 0 Å². The topological polar surface area (TPSA) is 40.5 Å². The lowest BCUT2D eigenvalue weighted by Gasteiger charge is -2.13. The average molecular weight is 587 g/mol. The number of fused-ring (bicyclic) bond motifs is 1. The summed E-state index contributed by atoms with van der Waals surface area (Å²) in [5.41, 5.74) is 10.2. The number of hydrogen-bond donors (Lipinski definition) is 2. The van der Waals surface area contributed by atoms with Crippen LogP contribution < -0.4 is 0 Å². The molecule has 0 atom stereocenters. The van der Waals surface area contributed by atoms with Crippen LogP contribution in [0.15, 0.2) is 94.2 Å². The summed E-state index contributed by atoms with van der Waals surface area (Å²) in [6, 6.07) is 7.49. The molecule has 2 N–H and O–H groups in total. The van der Waals surface area contributed by atoms with E-state index in [4.69, 9.17) is 0 Å². The van der Waals surface area contributed by atoms with E-state index in [1.165, 1.54) is 39.9 Å². The standard InChI is InChI=1S/C41H58O2.2H2/c1-30(2)16-11-17-31(3)18-12-19-32(4)20-13-21-33(5)22-14-23-34(6)24-15-25-35(7)28-29-37-36(8)40(42)38-26-9-10-27-39(38)41(37)43;;/h9-10,16,18,20,22,24,26-28,42-43H,11-15,17,19,21,23,25,29H2,1-8H3;2*1H/b31-18+,32-20+,33-22+,34-24+,35-28+;;. The van der Waals surface area contributed by atoms with Crippen molar-refractivity contribution in [2.75, 3.05) is 0 Å². The highest BCUT2D eigenvalue weighted by atomic mass is 16.3. The number of phenolic OH excluding ortho intramolecular Hbond substituents is 2. The van der Waals surface area contributed by atoms with Crippen LogP contribution in [-0.2, 0) is 6.42 Å². The molecule has 238 valence electrons. The normalized spacial score (nSPS) is 13.6. The Morgan fingerprint density at radius 2 is 0.884 bits per heavy atom. The molecule has 43 heavy (non-hydrogen) atoms. The van der Waals surface area contributed by atoms with Gasteiger partial charge in [-0.05, 0) is 132 Å². The van der Waals surface area contributed by atoms with E-state index in [0.29, 0.717) is 17.2 Å². The van der Waals surface area contributed by atoms with Gasteiger partial charge in [0, 0.05) is 19.2 Å². The summed E-state index contributed by atoms with van der Waals surface area (Å²) in [6.45, 7) is 17.4. The van der Waals surface area contributed by atoms with Gasteiger partial charge < -0.3 is 10.2 Å². The van der Waals surface area contributed by atoms with Crippen LogP contribution in [0.25, 0.3) is 10.8 Å². The van der Waals surface area contributed by atoms with Crippen LogP contribution >= 0.6 is 0 Å². The van der Waals surface area contributed by atoms with Gasteiger partial charge in [0.1, 0.15) is 11.5 Å². The highest BCUT2D eigenvalue weighted by Gasteiger charge is 2.14. The van der Waals surface area contributed by atoms with Gasteiger partial charge in [-0.3, -0.25) is 0 Å². The minimum absolute atomic E-state index is 0. The highest BCUT2D eigenvalue weighted by Crippen LogP contribution is 2.39. The first-order chi connectivity index (χ1) is 20.5. The molecular formula is C41H62O2. The van der Waals surface area contributed by atoms with E-state index in [2.05, 4.69) is 84.9 Å². The van der Waals surface area contributed by atoms with Crippen LogP contribution in [-0.4, -0.2) is 10.2 Å². The monoisotopic (exact) mass is 586 g/mol. The molecular weight excluding hydrogens is 524 g/mol. The molecule has 0 aliphatic rings. The molecule has 2 heteroatoms. The zero-order valence-electron chi connectivity index (χ0n) is 28.4. The number of rotatable bonds is 17. The van der Waals surface area contributed by atoms with E-state index in [1.54, 1.807) is 0 Å². The second-order valence-corrected chi connectivity index (χ2v) is 12.8. The van der Waals surface area contributed by atoms with Gasteiger partial charge in [0.15, 0.2) is 0 Å². The zero-order chi connectivity index (χ0) is 31.8. The van der Waals surface area contributed by atoms with Crippen LogP contribution in [0.3, 0.4) is 0 Å². The Bertz CT molecular complexity index is 1380. The van der Waals surface area contributed by atoms with Crippen LogP contribution in [0, 0.1) is 6.92 Å². The molecule has 0 bridgehead atoms. The van der Waals surface area contributed by atoms with Gasteiger partial charge in [-0.25, -0.2) is 0 Å². The fourth-order valence-electron chi connectivity index (χ4n) is 5.39. The molecule has 0 heterocycles. The van der Waals surface area contributed by atoms with Crippen LogP contribution in [0.4, 0.5) is 0 Å². The number of allylic oxidation sites excluding steroid dienone is 12. The van der Waals surface area contributed by atoms with Crippen molar-refractivity contribution in [1.29, 1.82) is 0 Å². The predicted molar refractivity (Wildman–Crippen MR) is 194 cm³/mol. The first kappa shape index (κ1) is 35.9. The van der Waals surface area contributed by atoms with Crippen molar-refractivity contribution in [3.05, 3.63) is 105 Å². The smallest absolute Gasteiger partial charge is 0.127 e. The summed E-state index contributed by atoms with van der Waals surface area (Å²) in [5.74, 6) is 0.549. The Balaban J connectivity index is 0.00000968. The molecule has 0 saturated carbocycles. The number of phenols is 2. The molecule has 2 nitrogen and oxygen atoms in total. The molecule has 0 radical (unpaired) electrons. The average Bonchev–Trinajstić information content (AvgIpc) is 2.95. The number of hydrogen-bond acceptors (Lipinski definition) is 2. The van der Waals surface area contributed by atoms with Crippen molar-refractivity contribution in [2.45, 2.75) is 126 Å². The molecule has 0 aromatic heterocycles. The summed E-state index contributed by atoms with van der Waals surface area (Å²) >= 11 is 0. The fourth-order valence-corrected chi connectivity index (χ4v) is 5.39. The van der Waals surface area contributed by atoms with Crippen molar-refractivity contribution < 1.29 is 13.1 Å². The maximum absolute atomic E-state index is 10.8. The lowest BCUT2D eigenvalue weighted by atomic mass is 9.95. The maximum Gasteiger partial charge on any atom is 0.127 e. The van der Waals surface area contributed by atoms with E-state index in [0.717, 1.165) is 68.9 Å². The second kappa shape index (κ2) is 19.1. The third kappa shape index (κ3) is 13.3. The van der Waals surface area contributed by atoms with E-state index in [1.807, 2.05) is 31.2 Å². The summed E-state index contributed by atoms with van der Waals surface area (Å²) in [6.07, 6.45) is 25.9. The molecule has 0 spiro atoms. The lowest BCUT2D eigenvalue weighted by molar-refractivity contribution is 0.461. The van der Waals surface area contributed by atoms with Gasteiger partial charge in [-0.2, -0.15) is 0 Å². The first-order valence-corrected chi connectivity index (χ1v) is 16.3. The molecule has 0 saturated heterocycles. The van der Waals surface area contributed by atoms with Gasteiger partial charge in [-0.15, -0.1) is 0 Å². The molecule has 0 aliphatic carbocycles. The van der Waals surface area contributed by atoms with Gasteiger partial charge in [0.2, 0.25) is 0 Å². The summed E-state index contributed by atoms with van der Waals surface area (Å²) in [7, 11) is 0. The van der Waals surface area contributed by atoms with Crippen molar-refractivity contribution in [3.63, 3.8) is 0 Å². The van der Waals surface area contributed by atoms with Gasteiger partial charge in [0.05, 0.1) is 0 Å². The molecule has 0 unspecified atom stereocenters. The van der Waals surface area contributed by atoms with E-state index < -0.39 is 0 Å². The first-order valence-electron chi connectivity index (χ1n) is 16.3. The second-order valence-electron chi connectivity index (χ2n) is 12.8. The highest BCUT2D eigenvalue weighted by molar-refractivity contribution is 5.95. The summed E-state index contributed by atoms with van der Waals surface area (Å²) in [4.78, 5) is 0. The molecule has 2 rings (SSSR count). The van der Waals surface area contributed by atoms with Gasteiger partial charge >= 0.3 is 0 Å². The predicted octanol–water partition coefficient (Wildman–Crippen LogP) is 13.2. The Morgan fingerprint density at radius 3 is 1.28 bits per heavy atom. The third-order valence-electron chi connectivity index (χ3n) is 8.40. The fraction of sp³-hybridized carbons (Fsp3) is 0.463. The summed E-state index contributed by atoms with van der Waals surface area (Å²) < 4.78 is 0. The van der Waals surface area contributed by atoms with E-state index in [-0.39, 0.29) is 14.4 Å². The minimum Gasteiger partial charge on any atom is -0.507 e. The lowest BCUT2D eigenvalue weighted by Crippen LogP contribution is -1.92. The van der Waals surface area contributed by atoms with Crippen molar-refractivity contribution in [3.8, 4) is 11.5 Å². The summed E-state index contributed by atoms with van der Waals surface area (Å²) in [5, 5.41) is 22.9. The Kier molecular flexibility index (Phi) is 16.0. The largest absolute Gasteiger partial charge is 0.507 e. The van der Waals surface area contributed by atoms with Crippen LogP contribution in [0.1, 0.15) is 127 Å².